The molecule has 1 aromatic heterocycles. The van der Waals surface area contributed by atoms with Crippen LogP contribution in [0.1, 0.15) is 54.4 Å². The maximum Gasteiger partial charge on any atom is 0.383 e. The van der Waals surface area contributed by atoms with E-state index < -0.39 is 11.6 Å². The fraction of sp³-hybridized carbons (Fsp3) is 0.417. The summed E-state index contributed by atoms with van der Waals surface area (Å²) >= 11 is 0. The molecule has 6 heteroatoms. The lowest BCUT2D eigenvalue weighted by Gasteiger charge is -2.16. The van der Waals surface area contributed by atoms with E-state index in [1.807, 2.05) is 26.8 Å². The van der Waals surface area contributed by atoms with Crippen molar-refractivity contribution in [3.05, 3.63) is 51.9 Å². The molecule has 1 aromatic carbocycles. The predicted molar refractivity (Wildman–Crippen MR) is 117 cm³/mol. The second kappa shape index (κ2) is 10.7. The van der Waals surface area contributed by atoms with Crippen LogP contribution < -0.4 is 19.8 Å². The summed E-state index contributed by atoms with van der Waals surface area (Å²) in [5.74, 6) is -0.285. The number of rotatable bonds is 9. The Kier molecular flexibility index (Phi) is 8.27. The standard InChI is InChI=1S/C24H30O6/c1-15(2)9-7-10-17(5)13-14-27-22-21-19(28-16(3)4)11-8-12-20(21)30-24(26)23(22)29-18(6)25/h8-9,11-13,16H,7,10,14H2,1-6H3. The molecule has 2 rings (SSSR count). The van der Waals surface area contributed by atoms with Crippen molar-refractivity contribution in [3.63, 3.8) is 0 Å². The molecule has 6 nitrogen and oxygen atoms in total. The summed E-state index contributed by atoms with van der Waals surface area (Å²) in [5, 5.41) is 0.456. The van der Waals surface area contributed by atoms with Gasteiger partial charge in [0.2, 0.25) is 0 Å². The third-order valence-corrected chi connectivity index (χ3v) is 4.17. The Morgan fingerprint density at radius 1 is 1.10 bits per heavy atom. The normalized spacial score (nSPS) is 11.5. The summed E-state index contributed by atoms with van der Waals surface area (Å²) in [6.45, 7) is 11.4. The van der Waals surface area contributed by atoms with Crippen LogP contribution in [0, 0.1) is 0 Å². The molecule has 1 heterocycles. The van der Waals surface area contributed by atoms with Crippen LogP contribution in [0.3, 0.4) is 0 Å². The van der Waals surface area contributed by atoms with Crippen molar-refractivity contribution in [2.24, 2.45) is 0 Å². The Hall–Kier alpha value is -3.02. The van der Waals surface area contributed by atoms with Crippen LogP contribution in [0.15, 0.2) is 50.7 Å². The summed E-state index contributed by atoms with van der Waals surface area (Å²) in [7, 11) is 0. The van der Waals surface area contributed by atoms with Gasteiger partial charge < -0.3 is 18.6 Å². The highest BCUT2D eigenvalue weighted by Gasteiger charge is 2.22. The van der Waals surface area contributed by atoms with Crippen LogP contribution in [0.2, 0.25) is 0 Å². The molecular formula is C24H30O6. The van der Waals surface area contributed by atoms with Crippen LogP contribution in [-0.4, -0.2) is 18.7 Å². The van der Waals surface area contributed by atoms with Gasteiger partial charge in [0.1, 0.15) is 23.3 Å². The number of hydrogen-bond acceptors (Lipinski definition) is 6. The van der Waals surface area contributed by atoms with Crippen LogP contribution in [0.25, 0.3) is 11.0 Å². The number of allylic oxidation sites excluding steroid dienone is 3. The Labute approximate surface area is 177 Å². The topological polar surface area (TPSA) is 75.0 Å². The largest absolute Gasteiger partial charge is 0.490 e. The van der Waals surface area contributed by atoms with E-state index in [4.69, 9.17) is 18.6 Å². The molecule has 0 bridgehead atoms. The van der Waals surface area contributed by atoms with Gasteiger partial charge in [0.25, 0.3) is 5.75 Å². The van der Waals surface area contributed by atoms with Crippen LogP contribution in [-0.2, 0) is 4.79 Å². The number of benzene rings is 1. The van der Waals surface area contributed by atoms with Crippen molar-refractivity contribution in [1.82, 2.24) is 0 Å². The summed E-state index contributed by atoms with van der Waals surface area (Å²) in [4.78, 5) is 24.0. The minimum absolute atomic E-state index is 0.107. The van der Waals surface area contributed by atoms with E-state index >= 15 is 0 Å². The molecule has 0 aliphatic carbocycles. The number of esters is 1. The van der Waals surface area contributed by atoms with Crippen molar-refractivity contribution in [1.29, 1.82) is 0 Å². The molecular weight excluding hydrogens is 384 g/mol. The fourth-order valence-electron chi connectivity index (χ4n) is 2.85. The molecule has 0 saturated heterocycles. The van der Waals surface area contributed by atoms with Gasteiger partial charge in [-0.05, 0) is 65.7 Å². The molecule has 0 spiro atoms. The summed E-state index contributed by atoms with van der Waals surface area (Å²) in [6.07, 6.45) is 5.88. The second-order valence-corrected chi connectivity index (χ2v) is 7.62. The van der Waals surface area contributed by atoms with E-state index in [1.165, 1.54) is 12.5 Å². The minimum Gasteiger partial charge on any atom is -0.490 e. The van der Waals surface area contributed by atoms with Crippen molar-refractivity contribution in [2.45, 2.75) is 60.5 Å². The highest BCUT2D eigenvalue weighted by atomic mass is 16.6. The van der Waals surface area contributed by atoms with E-state index in [0.29, 0.717) is 16.7 Å². The first-order valence-corrected chi connectivity index (χ1v) is 10.1. The Balaban J connectivity index is 2.44. The molecule has 0 N–H and O–H groups in total. The molecule has 0 fully saturated rings. The molecule has 0 unspecified atom stereocenters. The number of fused-ring (bicyclic) bond motifs is 1. The monoisotopic (exact) mass is 414 g/mol. The zero-order chi connectivity index (χ0) is 22.3. The van der Waals surface area contributed by atoms with Gasteiger partial charge in [-0.15, -0.1) is 0 Å². The maximum atomic E-state index is 12.4. The summed E-state index contributed by atoms with van der Waals surface area (Å²) in [5.41, 5.74) is 1.96. The van der Waals surface area contributed by atoms with Gasteiger partial charge >= 0.3 is 11.6 Å². The van der Waals surface area contributed by atoms with E-state index in [2.05, 4.69) is 19.9 Å². The molecule has 0 atom stereocenters. The Morgan fingerprint density at radius 2 is 1.83 bits per heavy atom. The molecule has 162 valence electrons. The second-order valence-electron chi connectivity index (χ2n) is 7.62. The first-order chi connectivity index (χ1) is 14.2. The van der Waals surface area contributed by atoms with Crippen LogP contribution in [0.4, 0.5) is 0 Å². The van der Waals surface area contributed by atoms with Crippen LogP contribution in [0.5, 0.6) is 17.2 Å². The lowest BCUT2D eigenvalue weighted by Crippen LogP contribution is -2.14. The number of carbonyl (C=O) groups is 1. The van der Waals surface area contributed by atoms with Gasteiger partial charge in [0.05, 0.1) is 6.10 Å². The van der Waals surface area contributed by atoms with Crippen LogP contribution >= 0.6 is 0 Å². The molecule has 0 aliphatic heterocycles. The highest BCUT2D eigenvalue weighted by molar-refractivity contribution is 5.92. The van der Waals surface area contributed by atoms with E-state index in [0.717, 1.165) is 18.4 Å². The summed E-state index contributed by atoms with van der Waals surface area (Å²) < 4.78 is 22.3. The SMILES string of the molecule is CC(=O)Oc1c(OCC=C(C)CCC=C(C)C)c2c(OC(C)C)cccc2oc1=O. The van der Waals surface area contributed by atoms with Gasteiger partial charge in [-0.2, -0.15) is 0 Å². The van der Waals surface area contributed by atoms with Gasteiger partial charge in [-0.3, -0.25) is 4.79 Å². The van der Waals surface area contributed by atoms with Crippen molar-refractivity contribution >= 4 is 16.9 Å². The smallest absolute Gasteiger partial charge is 0.383 e. The molecule has 0 saturated carbocycles. The average molecular weight is 414 g/mol. The fourth-order valence-corrected chi connectivity index (χ4v) is 2.85. The number of carbonyl (C=O) groups excluding carboxylic acids is 1. The first-order valence-electron chi connectivity index (χ1n) is 10.1. The van der Waals surface area contributed by atoms with Gasteiger partial charge in [-0.1, -0.05) is 23.3 Å². The number of hydrogen-bond donors (Lipinski definition) is 0. The van der Waals surface area contributed by atoms with Gasteiger partial charge in [0.15, 0.2) is 5.75 Å². The van der Waals surface area contributed by atoms with Crippen molar-refractivity contribution < 1.29 is 23.4 Å². The predicted octanol–water partition coefficient (Wildman–Crippen LogP) is 5.58. The lowest BCUT2D eigenvalue weighted by atomic mass is 10.1. The molecule has 30 heavy (non-hydrogen) atoms. The summed E-state index contributed by atoms with van der Waals surface area (Å²) in [6, 6.07) is 5.13. The van der Waals surface area contributed by atoms with Crippen molar-refractivity contribution in [2.75, 3.05) is 6.61 Å². The Morgan fingerprint density at radius 3 is 2.47 bits per heavy atom. The van der Waals surface area contributed by atoms with Crippen molar-refractivity contribution in [3.8, 4) is 17.2 Å². The van der Waals surface area contributed by atoms with Gasteiger partial charge in [-0.25, -0.2) is 4.79 Å². The van der Waals surface area contributed by atoms with E-state index in [-0.39, 0.29) is 24.2 Å². The van der Waals surface area contributed by atoms with Gasteiger partial charge in [0, 0.05) is 6.92 Å². The lowest BCUT2D eigenvalue weighted by molar-refractivity contribution is -0.132. The highest BCUT2D eigenvalue weighted by Crippen LogP contribution is 2.39. The zero-order valence-corrected chi connectivity index (χ0v) is 18.5. The quantitative estimate of drug-likeness (QED) is 0.303. The van der Waals surface area contributed by atoms with E-state index in [1.54, 1.807) is 18.2 Å². The first kappa shape index (κ1) is 23.3. The zero-order valence-electron chi connectivity index (χ0n) is 18.5. The average Bonchev–Trinajstić information content (AvgIpc) is 2.63. The Bertz CT molecular complexity index is 1010. The third-order valence-electron chi connectivity index (χ3n) is 4.17. The molecule has 2 aromatic rings. The third kappa shape index (κ3) is 6.51. The maximum absolute atomic E-state index is 12.4. The number of ether oxygens (including phenoxy) is 3. The molecule has 0 amide bonds. The molecule has 0 aliphatic rings. The van der Waals surface area contributed by atoms with E-state index in [9.17, 15) is 9.59 Å². The minimum atomic E-state index is -0.779. The molecule has 0 radical (unpaired) electrons.